The Bertz CT molecular complexity index is 1100. The Morgan fingerprint density at radius 3 is 2.32 bits per heavy atom. The van der Waals surface area contributed by atoms with Gasteiger partial charge < -0.3 is 10.2 Å². The number of aromatic hydroxyl groups is 2. The number of halogens is 2. The van der Waals surface area contributed by atoms with Crippen LogP contribution in [0.2, 0.25) is 10.0 Å². The Morgan fingerprint density at radius 2 is 1.64 bits per heavy atom. The van der Waals surface area contributed by atoms with Crippen molar-refractivity contribution in [3.05, 3.63) is 58.6 Å². The molecule has 0 saturated carbocycles. The number of benzene rings is 2. The van der Waals surface area contributed by atoms with Gasteiger partial charge >= 0.3 is 0 Å². The van der Waals surface area contributed by atoms with Gasteiger partial charge in [0.05, 0.1) is 0 Å². The first kappa shape index (κ1) is 15.9. The van der Waals surface area contributed by atoms with Crippen LogP contribution in [0.15, 0.2) is 48.5 Å². The molecule has 7 heteroatoms. The zero-order valence-electron chi connectivity index (χ0n) is 13.1. The van der Waals surface area contributed by atoms with Gasteiger partial charge in [0.25, 0.3) is 0 Å². The average molecular weight is 374 g/mol. The molecule has 0 bridgehead atoms. The van der Waals surface area contributed by atoms with Crippen molar-refractivity contribution in [1.29, 1.82) is 0 Å². The molecule has 0 radical (unpaired) electrons. The molecule has 2 N–H and O–H groups in total. The van der Waals surface area contributed by atoms with E-state index in [1.54, 1.807) is 23.9 Å². The SMILES string of the molecule is Cn1nc2c(-c3ccc(Cl)cc3Cl)cccc2c1-n1c(O)ccc1O. The molecule has 0 spiro atoms. The molecule has 2 aromatic carbocycles. The first-order chi connectivity index (χ1) is 12.0. The van der Waals surface area contributed by atoms with Gasteiger partial charge in [0.2, 0.25) is 0 Å². The molecule has 4 rings (SSSR count). The van der Waals surface area contributed by atoms with E-state index in [0.29, 0.717) is 21.4 Å². The maximum absolute atomic E-state index is 10.1. The predicted molar refractivity (Wildman–Crippen MR) is 98.8 cm³/mol. The summed E-state index contributed by atoms with van der Waals surface area (Å²) >= 11 is 12.3. The molecular formula is C18H13Cl2N3O2. The van der Waals surface area contributed by atoms with Crippen LogP contribution < -0.4 is 0 Å². The minimum absolute atomic E-state index is 0.0719. The average Bonchev–Trinajstić information content (AvgIpc) is 3.06. The topological polar surface area (TPSA) is 63.2 Å². The predicted octanol–water partition coefficient (Wildman–Crippen LogP) is 4.75. The Balaban J connectivity index is 2.03. The van der Waals surface area contributed by atoms with E-state index in [1.165, 1.54) is 16.7 Å². The van der Waals surface area contributed by atoms with Gasteiger partial charge in [-0.3, -0.25) is 4.68 Å². The Hall–Kier alpha value is -2.63. The van der Waals surface area contributed by atoms with Crippen LogP contribution in [0.3, 0.4) is 0 Å². The molecule has 0 saturated heterocycles. The van der Waals surface area contributed by atoms with Crippen LogP contribution in [0.25, 0.3) is 27.8 Å². The van der Waals surface area contributed by atoms with Gasteiger partial charge in [-0.1, -0.05) is 41.4 Å². The summed E-state index contributed by atoms with van der Waals surface area (Å²) in [6.45, 7) is 0. The first-order valence-corrected chi connectivity index (χ1v) is 8.24. The summed E-state index contributed by atoms with van der Waals surface area (Å²) in [5, 5.41) is 26.6. The molecule has 2 heterocycles. The van der Waals surface area contributed by atoms with Gasteiger partial charge in [-0.25, -0.2) is 4.57 Å². The first-order valence-electron chi connectivity index (χ1n) is 7.48. The quantitative estimate of drug-likeness (QED) is 0.532. The molecule has 0 fully saturated rings. The number of aryl methyl sites for hydroxylation is 1. The van der Waals surface area contributed by atoms with Gasteiger partial charge in [-0.15, -0.1) is 0 Å². The molecule has 4 aromatic rings. The fraction of sp³-hybridized carbons (Fsp3) is 0.0556. The maximum atomic E-state index is 10.1. The Morgan fingerprint density at radius 1 is 0.920 bits per heavy atom. The zero-order valence-corrected chi connectivity index (χ0v) is 14.6. The van der Waals surface area contributed by atoms with Gasteiger partial charge in [0.15, 0.2) is 11.8 Å². The highest BCUT2D eigenvalue weighted by Gasteiger charge is 2.19. The van der Waals surface area contributed by atoms with E-state index in [-0.39, 0.29) is 11.8 Å². The lowest BCUT2D eigenvalue weighted by molar-refractivity contribution is 0.398. The van der Waals surface area contributed by atoms with E-state index in [2.05, 4.69) is 5.10 Å². The molecule has 0 aliphatic rings. The fourth-order valence-electron chi connectivity index (χ4n) is 3.03. The molecule has 0 amide bonds. The second kappa shape index (κ2) is 5.72. The van der Waals surface area contributed by atoms with Crippen molar-refractivity contribution in [3.63, 3.8) is 0 Å². The highest BCUT2D eigenvalue weighted by molar-refractivity contribution is 6.36. The zero-order chi connectivity index (χ0) is 17.7. The largest absolute Gasteiger partial charge is 0.494 e. The van der Waals surface area contributed by atoms with Crippen LogP contribution in [0.5, 0.6) is 11.8 Å². The highest BCUT2D eigenvalue weighted by Crippen LogP contribution is 2.38. The van der Waals surface area contributed by atoms with Crippen LogP contribution in [0.1, 0.15) is 0 Å². The molecular weight excluding hydrogens is 361 g/mol. The fourth-order valence-corrected chi connectivity index (χ4v) is 3.54. The van der Waals surface area contributed by atoms with Crippen LogP contribution in [0, 0.1) is 0 Å². The minimum Gasteiger partial charge on any atom is -0.494 e. The molecule has 126 valence electrons. The van der Waals surface area contributed by atoms with Crippen molar-refractivity contribution < 1.29 is 10.2 Å². The van der Waals surface area contributed by atoms with Crippen LogP contribution in [0.4, 0.5) is 0 Å². The number of hydrogen-bond donors (Lipinski definition) is 2. The summed E-state index contributed by atoms with van der Waals surface area (Å²) in [5.74, 6) is 0.414. The molecule has 25 heavy (non-hydrogen) atoms. The van der Waals surface area contributed by atoms with Crippen molar-refractivity contribution in [1.82, 2.24) is 14.3 Å². The van der Waals surface area contributed by atoms with E-state index in [9.17, 15) is 10.2 Å². The van der Waals surface area contributed by atoms with E-state index in [1.807, 2.05) is 24.3 Å². The summed E-state index contributed by atoms with van der Waals surface area (Å²) in [7, 11) is 1.75. The van der Waals surface area contributed by atoms with Crippen LogP contribution >= 0.6 is 23.2 Å². The number of nitrogens with zero attached hydrogens (tertiary/aromatic N) is 3. The second-order valence-corrected chi connectivity index (χ2v) is 6.50. The summed E-state index contributed by atoms with van der Waals surface area (Å²) in [5.41, 5.74) is 2.35. The lowest BCUT2D eigenvalue weighted by Gasteiger charge is -2.08. The molecule has 0 atom stereocenters. The second-order valence-electron chi connectivity index (χ2n) is 5.66. The molecule has 5 nitrogen and oxygen atoms in total. The molecule has 0 unspecified atom stereocenters. The smallest absolute Gasteiger partial charge is 0.199 e. The van der Waals surface area contributed by atoms with E-state index in [0.717, 1.165) is 16.5 Å². The third-order valence-electron chi connectivity index (χ3n) is 4.11. The number of hydrogen-bond acceptors (Lipinski definition) is 3. The van der Waals surface area contributed by atoms with Crippen molar-refractivity contribution in [2.75, 3.05) is 0 Å². The number of rotatable bonds is 2. The summed E-state index contributed by atoms with van der Waals surface area (Å²) in [6, 6.07) is 13.8. The van der Waals surface area contributed by atoms with Gasteiger partial charge in [0.1, 0.15) is 11.3 Å². The van der Waals surface area contributed by atoms with Crippen LogP contribution in [-0.4, -0.2) is 24.6 Å². The molecule has 0 aliphatic carbocycles. The summed E-state index contributed by atoms with van der Waals surface area (Å²) in [6.07, 6.45) is 0. The monoisotopic (exact) mass is 373 g/mol. The molecule has 2 aromatic heterocycles. The minimum atomic E-state index is -0.0719. The molecule has 0 aliphatic heterocycles. The van der Waals surface area contributed by atoms with Crippen molar-refractivity contribution >= 4 is 34.1 Å². The number of fused-ring (bicyclic) bond motifs is 1. The lowest BCUT2D eigenvalue weighted by atomic mass is 10.0. The Labute approximate surface area is 153 Å². The van der Waals surface area contributed by atoms with Crippen molar-refractivity contribution in [2.24, 2.45) is 7.05 Å². The maximum Gasteiger partial charge on any atom is 0.199 e. The van der Waals surface area contributed by atoms with Crippen molar-refractivity contribution in [2.45, 2.75) is 0 Å². The van der Waals surface area contributed by atoms with Gasteiger partial charge in [0, 0.05) is 45.7 Å². The van der Waals surface area contributed by atoms with Crippen LogP contribution in [-0.2, 0) is 7.05 Å². The van der Waals surface area contributed by atoms with E-state index in [4.69, 9.17) is 23.2 Å². The summed E-state index contributed by atoms with van der Waals surface area (Å²) < 4.78 is 2.94. The van der Waals surface area contributed by atoms with Gasteiger partial charge in [-0.2, -0.15) is 5.10 Å². The summed E-state index contributed by atoms with van der Waals surface area (Å²) in [4.78, 5) is 0. The number of aromatic nitrogens is 3. The lowest BCUT2D eigenvalue weighted by Crippen LogP contribution is -2.02. The normalized spacial score (nSPS) is 11.3. The van der Waals surface area contributed by atoms with E-state index < -0.39 is 0 Å². The third kappa shape index (κ3) is 2.44. The Kier molecular flexibility index (Phi) is 3.63. The van der Waals surface area contributed by atoms with Crippen molar-refractivity contribution in [3.8, 4) is 28.7 Å². The van der Waals surface area contributed by atoms with Gasteiger partial charge in [-0.05, 0) is 18.2 Å². The third-order valence-corrected chi connectivity index (χ3v) is 4.65. The van der Waals surface area contributed by atoms with E-state index >= 15 is 0 Å². The highest BCUT2D eigenvalue weighted by atomic mass is 35.5. The standard InChI is InChI=1S/C18H13Cl2N3O2/c1-22-18(23-15(24)7-8-16(23)25)13-4-2-3-12(17(13)21-22)11-6-5-10(19)9-14(11)20/h2-9,24-25H,1H3.